The summed E-state index contributed by atoms with van der Waals surface area (Å²) in [5, 5.41) is 15.8. The van der Waals surface area contributed by atoms with Crippen molar-refractivity contribution in [2.45, 2.75) is 19.5 Å². The zero-order valence-corrected chi connectivity index (χ0v) is 15.1. The Morgan fingerprint density at radius 2 is 1.96 bits per heavy atom. The second-order valence-corrected chi connectivity index (χ2v) is 6.08. The number of halogens is 1. The lowest BCUT2D eigenvalue weighted by molar-refractivity contribution is -0.124. The van der Waals surface area contributed by atoms with Gasteiger partial charge in [-0.05, 0) is 42.5 Å². The summed E-state index contributed by atoms with van der Waals surface area (Å²) in [5.74, 6) is 0.950. The monoisotopic (exact) mass is 371 g/mol. The van der Waals surface area contributed by atoms with E-state index in [9.17, 15) is 4.79 Å². The van der Waals surface area contributed by atoms with Crippen LogP contribution in [-0.2, 0) is 11.3 Å². The van der Waals surface area contributed by atoms with E-state index in [4.69, 9.17) is 16.3 Å². The third-order valence-corrected chi connectivity index (χ3v) is 4.15. The van der Waals surface area contributed by atoms with Gasteiger partial charge in [-0.25, -0.2) is 0 Å². The minimum atomic E-state index is -0.599. The summed E-state index contributed by atoms with van der Waals surface area (Å²) in [6.07, 6.45) is 0. The number of tetrazole rings is 1. The highest BCUT2D eigenvalue weighted by Crippen LogP contribution is 2.19. The van der Waals surface area contributed by atoms with E-state index in [-0.39, 0.29) is 5.91 Å². The molecule has 0 unspecified atom stereocenters. The van der Waals surface area contributed by atoms with Gasteiger partial charge in [-0.3, -0.25) is 4.79 Å². The molecule has 0 bridgehead atoms. The number of nitrogens with one attached hydrogen (secondary N) is 1. The number of amides is 1. The van der Waals surface area contributed by atoms with Crippen LogP contribution in [0, 0.1) is 0 Å². The number of methoxy groups -OCH3 is 1. The minimum absolute atomic E-state index is 0.212. The summed E-state index contributed by atoms with van der Waals surface area (Å²) in [5.41, 5.74) is 1.67. The fourth-order valence-corrected chi connectivity index (χ4v) is 2.51. The first kappa shape index (κ1) is 17.9. The highest BCUT2D eigenvalue weighted by Gasteiger charge is 2.19. The first-order valence-electron chi connectivity index (χ1n) is 8.03. The van der Waals surface area contributed by atoms with Gasteiger partial charge in [0, 0.05) is 22.7 Å². The van der Waals surface area contributed by atoms with Gasteiger partial charge in [0.2, 0.25) is 11.7 Å². The van der Waals surface area contributed by atoms with Crippen molar-refractivity contribution in [3.63, 3.8) is 0 Å². The van der Waals surface area contributed by atoms with Crippen LogP contribution >= 0.6 is 11.6 Å². The summed E-state index contributed by atoms with van der Waals surface area (Å²) in [7, 11) is 1.60. The highest BCUT2D eigenvalue weighted by atomic mass is 35.5. The Labute approximate surface area is 155 Å². The van der Waals surface area contributed by atoms with Gasteiger partial charge in [0.05, 0.1) is 7.11 Å². The molecule has 1 aromatic heterocycles. The maximum absolute atomic E-state index is 12.4. The Hall–Kier alpha value is -2.93. The van der Waals surface area contributed by atoms with Crippen molar-refractivity contribution in [1.82, 2.24) is 25.5 Å². The fourth-order valence-electron chi connectivity index (χ4n) is 2.39. The van der Waals surface area contributed by atoms with Crippen LogP contribution in [0.3, 0.4) is 0 Å². The molecule has 3 rings (SSSR count). The molecule has 26 heavy (non-hydrogen) atoms. The van der Waals surface area contributed by atoms with Gasteiger partial charge < -0.3 is 10.1 Å². The van der Waals surface area contributed by atoms with Gasteiger partial charge in [0.25, 0.3) is 0 Å². The molecule has 0 radical (unpaired) electrons. The smallest absolute Gasteiger partial charge is 0.246 e. The van der Waals surface area contributed by atoms with Crippen LogP contribution in [-0.4, -0.2) is 33.2 Å². The Balaban J connectivity index is 1.66. The molecule has 2 aromatic carbocycles. The number of ether oxygens (including phenoxy) is 1. The molecule has 1 amide bonds. The first-order chi connectivity index (χ1) is 12.6. The molecule has 3 aromatic rings. The van der Waals surface area contributed by atoms with Crippen molar-refractivity contribution in [3.05, 3.63) is 59.1 Å². The van der Waals surface area contributed by atoms with E-state index in [0.29, 0.717) is 17.4 Å². The van der Waals surface area contributed by atoms with Crippen molar-refractivity contribution < 1.29 is 9.53 Å². The van der Waals surface area contributed by atoms with Crippen molar-refractivity contribution in [3.8, 4) is 17.1 Å². The van der Waals surface area contributed by atoms with Crippen molar-refractivity contribution in [1.29, 1.82) is 0 Å². The number of rotatable bonds is 6. The van der Waals surface area contributed by atoms with Crippen LogP contribution in [0.25, 0.3) is 11.4 Å². The first-order valence-corrected chi connectivity index (χ1v) is 8.41. The molecule has 1 N–H and O–H groups in total. The second-order valence-electron chi connectivity index (χ2n) is 5.65. The van der Waals surface area contributed by atoms with E-state index >= 15 is 0 Å². The van der Waals surface area contributed by atoms with Gasteiger partial charge in [0.1, 0.15) is 11.8 Å². The van der Waals surface area contributed by atoms with Crippen LogP contribution in [0.15, 0.2) is 48.5 Å². The van der Waals surface area contributed by atoms with Crippen LogP contribution in [0.2, 0.25) is 5.02 Å². The lowest BCUT2D eigenvalue weighted by atomic mass is 10.2. The largest absolute Gasteiger partial charge is 0.496 e. The molecular formula is C18H18ClN5O2. The zero-order valence-electron chi connectivity index (χ0n) is 14.4. The zero-order chi connectivity index (χ0) is 18.5. The minimum Gasteiger partial charge on any atom is -0.496 e. The number of carbonyl (C=O) groups is 1. The molecule has 8 heteroatoms. The molecule has 1 heterocycles. The highest BCUT2D eigenvalue weighted by molar-refractivity contribution is 6.30. The third kappa shape index (κ3) is 4.00. The predicted octanol–water partition coefficient (Wildman–Crippen LogP) is 2.88. The molecule has 134 valence electrons. The summed E-state index contributed by atoms with van der Waals surface area (Å²) >= 11 is 5.88. The number of aromatic nitrogens is 4. The van der Waals surface area contributed by atoms with E-state index in [2.05, 4.69) is 20.7 Å². The normalized spacial score (nSPS) is 11.8. The summed E-state index contributed by atoms with van der Waals surface area (Å²) < 4.78 is 5.28. The lowest BCUT2D eigenvalue weighted by Crippen LogP contribution is -2.31. The number of hydrogen-bond acceptors (Lipinski definition) is 5. The van der Waals surface area contributed by atoms with Crippen LogP contribution < -0.4 is 10.1 Å². The van der Waals surface area contributed by atoms with Gasteiger partial charge in [-0.2, -0.15) is 4.80 Å². The van der Waals surface area contributed by atoms with Crippen molar-refractivity contribution in [2.75, 3.05) is 7.11 Å². The Bertz CT molecular complexity index is 895. The van der Waals surface area contributed by atoms with Crippen LogP contribution in [0.5, 0.6) is 5.75 Å². The molecule has 0 aliphatic carbocycles. The summed E-state index contributed by atoms with van der Waals surface area (Å²) in [6.45, 7) is 2.07. The lowest BCUT2D eigenvalue weighted by Gasteiger charge is -2.12. The van der Waals surface area contributed by atoms with Gasteiger partial charge in [-0.15, -0.1) is 10.2 Å². The number of para-hydroxylation sites is 1. The summed E-state index contributed by atoms with van der Waals surface area (Å²) in [6, 6.07) is 14.0. The molecule has 7 nitrogen and oxygen atoms in total. The molecule has 1 atom stereocenters. The van der Waals surface area contributed by atoms with Crippen LogP contribution in [0.1, 0.15) is 18.5 Å². The van der Waals surface area contributed by atoms with E-state index in [1.807, 2.05) is 24.3 Å². The fraction of sp³-hybridized carbons (Fsp3) is 0.222. The number of benzene rings is 2. The topological polar surface area (TPSA) is 81.9 Å². The van der Waals surface area contributed by atoms with Crippen molar-refractivity contribution in [2.24, 2.45) is 0 Å². The summed E-state index contributed by atoms with van der Waals surface area (Å²) in [4.78, 5) is 13.7. The molecule has 0 aliphatic heterocycles. The number of hydrogen-bond donors (Lipinski definition) is 1. The van der Waals surface area contributed by atoms with Crippen molar-refractivity contribution >= 4 is 17.5 Å². The molecule has 0 saturated heterocycles. The molecule has 0 saturated carbocycles. The maximum Gasteiger partial charge on any atom is 0.246 e. The van der Waals surface area contributed by atoms with E-state index in [0.717, 1.165) is 16.9 Å². The number of nitrogens with zero attached hydrogens (tertiary/aromatic N) is 4. The third-order valence-electron chi connectivity index (χ3n) is 3.90. The Morgan fingerprint density at radius 1 is 1.23 bits per heavy atom. The molecule has 0 fully saturated rings. The average molecular weight is 372 g/mol. The second kappa shape index (κ2) is 7.97. The molecule has 0 aliphatic rings. The quantitative estimate of drug-likeness (QED) is 0.720. The predicted molar refractivity (Wildman–Crippen MR) is 97.8 cm³/mol. The Morgan fingerprint density at radius 3 is 2.69 bits per heavy atom. The Kier molecular flexibility index (Phi) is 5.48. The SMILES string of the molecule is COc1ccccc1CNC(=O)[C@@H](C)n1nnc(-c2ccc(Cl)cc2)n1. The molecule has 0 spiro atoms. The van der Waals surface area contributed by atoms with Gasteiger partial charge in [-0.1, -0.05) is 29.8 Å². The van der Waals surface area contributed by atoms with E-state index in [1.54, 1.807) is 38.3 Å². The van der Waals surface area contributed by atoms with E-state index < -0.39 is 6.04 Å². The van der Waals surface area contributed by atoms with Gasteiger partial charge in [0.15, 0.2) is 0 Å². The van der Waals surface area contributed by atoms with E-state index in [1.165, 1.54) is 4.80 Å². The standard InChI is InChI=1S/C18H18ClN5O2/c1-12(18(25)20-11-14-5-3-4-6-16(14)26-2)24-22-17(21-23-24)13-7-9-15(19)10-8-13/h3-10,12H,11H2,1-2H3,(H,20,25)/t12-/m1/s1. The maximum atomic E-state index is 12.4. The van der Waals surface area contributed by atoms with Gasteiger partial charge >= 0.3 is 0 Å². The molecular weight excluding hydrogens is 354 g/mol. The number of carbonyl (C=O) groups excluding carboxylic acids is 1. The van der Waals surface area contributed by atoms with Crippen LogP contribution in [0.4, 0.5) is 0 Å². The average Bonchev–Trinajstić information content (AvgIpc) is 3.16.